The standard InChI is InChI=1S/C24H20Cl2N4O2/c1-3-27-23(31)17-13-16(25)11-14(2)21(17)29-24(32)20-12-15-7-4-5-9-19(15)30(20)22-18(26)8-6-10-28-22/h4-13H,3H2,1-2H3,(H,27,31)(H,29,32). The highest BCUT2D eigenvalue weighted by Crippen LogP contribution is 2.30. The number of aryl methyl sites for hydroxylation is 1. The average molecular weight is 467 g/mol. The van der Waals surface area contributed by atoms with E-state index >= 15 is 0 Å². The van der Waals surface area contributed by atoms with E-state index in [0.29, 0.717) is 44.9 Å². The number of nitrogens with zero attached hydrogens (tertiary/aromatic N) is 2. The van der Waals surface area contributed by atoms with Crippen molar-refractivity contribution < 1.29 is 9.59 Å². The van der Waals surface area contributed by atoms with Gasteiger partial charge in [-0.3, -0.25) is 14.2 Å². The highest BCUT2D eigenvalue weighted by Gasteiger charge is 2.22. The Kier molecular flexibility index (Phi) is 6.17. The van der Waals surface area contributed by atoms with E-state index in [-0.39, 0.29) is 5.91 Å². The van der Waals surface area contributed by atoms with Crippen molar-refractivity contribution in [3.63, 3.8) is 0 Å². The number of benzene rings is 2. The van der Waals surface area contributed by atoms with Crippen LogP contribution in [-0.4, -0.2) is 27.9 Å². The molecule has 0 saturated carbocycles. The van der Waals surface area contributed by atoms with E-state index in [2.05, 4.69) is 15.6 Å². The second-order valence-electron chi connectivity index (χ2n) is 7.19. The van der Waals surface area contributed by atoms with E-state index in [1.807, 2.05) is 31.2 Å². The van der Waals surface area contributed by atoms with E-state index in [4.69, 9.17) is 23.2 Å². The van der Waals surface area contributed by atoms with Gasteiger partial charge in [-0.15, -0.1) is 0 Å². The second kappa shape index (κ2) is 9.02. The summed E-state index contributed by atoms with van der Waals surface area (Å²) in [5.41, 5.74) is 2.49. The summed E-state index contributed by atoms with van der Waals surface area (Å²) < 4.78 is 1.71. The number of rotatable bonds is 5. The molecule has 2 heterocycles. The average Bonchev–Trinajstić information content (AvgIpc) is 3.15. The first kappa shape index (κ1) is 21.9. The summed E-state index contributed by atoms with van der Waals surface area (Å²) in [5.74, 6) is -0.280. The predicted molar refractivity (Wildman–Crippen MR) is 128 cm³/mol. The quantitative estimate of drug-likeness (QED) is 0.399. The van der Waals surface area contributed by atoms with Crippen molar-refractivity contribution in [2.45, 2.75) is 13.8 Å². The minimum absolute atomic E-state index is 0.295. The van der Waals surface area contributed by atoms with Crippen LogP contribution in [0.2, 0.25) is 10.0 Å². The van der Waals surface area contributed by atoms with Gasteiger partial charge in [-0.1, -0.05) is 41.4 Å². The zero-order chi connectivity index (χ0) is 22.8. The molecular formula is C24H20Cl2N4O2. The molecule has 4 rings (SSSR count). The fraction of sp³-hybridized carbons (Fsp3) is 0.125. The Morgan fingerprint density at radius 2 is 1.81 bits per heavy atom. The predicted octanol–water partition coefficient (Wildman–Crippen LogP) is 5.64. The van der Waals surface area contributed by atoms with Crippen LogP contribution in [0.5, 0.6) is 0 Å². The Bertz CT molecular complexity index is 1350. The van der Waals surface area contributed by atoms with Crippen molar-refractivity contribution in [3.05, 3.63) is 87.7 Å². The number of aromatic nitrogens is 2. The number of hydrogen-bond donors (Lipinski definition) is 2. The Labute approximate surface area is 195 Å². The summed E-state index contributed by atoms with van der Waals surface area (Å²) in [6.07, 6.45) is 1.62. The molecule has 8 heteroatoms. The third-order valence-corrected chi connectivity index (χ3v) is 5.53. The molecule has 2 amide bonds. The van der Waals surface area contributed by atoms with Crippen molar-refractivity contribution in [2.24, 2.45) is 0 Å². The third-order valence-electron chi connectivity index (χ3n) is 5.02. The second-order valence-corrected chi connectivity index (χ2v) is 8.04. The minimum atomic E-state index is -0.404. The lowest BCUT2D eigenvalue weighted by atomic mass is 10.1. The Balaban J connectivity index is 1.84. The summed E-state index contributed by atoms with van der Waals surface area (Å²) in [6, 6.07) is 16.0. The monoisotopic (exact) mass is 466 g/mol. The first-order valence-corrected chi connectivity index (χ1v) is 10.8. The lowest BCUT2D eigenvalue weighted by Gasteiger charge is -2.16. The molecule has 0 bridgehead atoms. The van der Waals surface area contributed by atoms with Crippen LogP contribution in [0.1, 0.15) is 33.3 Å². The molecule has 2 N–H and O–H groups in total. The van der Waals surface area contributed by atoms with Gasteiger partial charge >= 0.3 is 0 Å². The summed E-state index contributed by atoms with van der Waals surface area (Å²) >= 11 is 12.6. The molecule has 4 aromatic rings. The van der Waals surface area contributed by atoms with Crippen LogP contribution < -0.4 is 10.6 Å². The van der Waals surface area contributed by atoms with Crippen molar-refractivity contribution in [3.8, 4) is 5.82 Å². The number of carbonyl (C=O) groups is 2. The molecule has 0 saturated heterocycles. The first-order chi connectivity index (χ1) is 15.4. The van der Waals surface area contributed by atoms with Gasteiger partial charge in [-0.25, -0.2) is 4.98 Å². The third kappa shape index (κ3) is 4.07. The first-order valence-electron chi connectivity index (χ1n) is 10.0. The fourth-order valence-corrected chi connectivity index (χ4v) is 4.09. The summed E-state index contributed by atoms with van der Waals surface area (Å²) in [6.45, 7) is 4.06. The topological polar surface area (TPSA) is 76.0 Å². The molecular weight excluding hydrogens is 447 g/mol. The number of carbonyl (C=O) groups excluding carboxylic acids is 2. The van der Waals surface area contributed by atoms with Crippen LogP contribution in [0, 0.1) is 6.92 Å². The van der Waals surface area contributed by atoms with Gasteiger partial charge < -0.3 is 10.6 Å². The van der Waals surface area contributed by atoms with E-state index < -0.39 is 5.91 Å². The fourth-order valence-electron chi connectivity index (χ4n) is 3.61. The van der Waals surface area contributed by atoms with Gasteiger partial charge in [0.1, 0.15) is 5.69 Å². The summed E-state index contributed by atoms with van der Waals surface area (Å²) in [7, 11) is 0. The molecule has 2 aromatic heterocycles. The maximum Gasteiger partial charge on any atom is 0.272 e. The van der Waals surface area contributed by atoms with Crippen molar-refractivity contribution in [1.29, 1.82) is 0 Å². The lowest BCUT2D eigenvalue weighted by molar-refractivity contribution is 0.0956. The number of amides is 2. The van der Waals surface area contributed by atoms with Gasteiger partial charge in [-0.2, -0.15) is 0 Å². The molecule has 0 radical (unpaired) electrons. The van der Waals surface area contributed by atoms with E-state index in [1.165, 1.54) is 0 Å². The number of hydrogen-bond acceptors (Lipinski definition) is 3. The molecule has 162 valence electrons. The van der Waals surface area contributed by atoms with Gasteiger partial charge in [0.25, 0.3) is 11.8 Å². The van der Waals surface area contributed by atoms with E-state index in [0.717, 1.165) is 10.9 Å². The molecule has 0 atom stereocenters. The van der Waals surface area contributed by atoms with Crippen molar-refractivity contribution in [2.75, 3.05) is 11.9 Å². The molecule has 0 fully saturated rings. The number of pyridine rings is 1. The van der Waals surface area contributed by atoms with Crippen LogP contribution >= 0.6 is 23.2 Å². The molecule has 0 aliphatic rings. The van der Waals surface area contributed by atoms with Crippen molar-refractivity contribution >= 4 is 51.6 Å². The Morgan fingerprint density at radius 3 is 2.56 bits per heavy atom. The van der Waals surface area contributed by atoms with Gasteiger partial charge in [0, 0.05) is 23.2 Å². The minimum Gasteiger partial charge on any atom is -0.352 e. The van der Waals surface area contributed by atoms with Gasteiger partial charge in [0.15, 0.2) is 5.82 Å². The van der Waals surface area contributed by atoms with Crippen LogP contribution in [0.15, 0.2) is 60.8 Å². The lowest BCUT2D eigenvalue weighted by Crippen LogP contribution is -2.26. The zero-order valence-corrected chi connectivity index (χ0v) is 19.0. The SMILES string of the molecule is CCNC(=O)c1cc(Cl)cc(C)c1NC(=O)c1cc2ccccc2n1-c1ncccc1Cl. The number of halogens is 2. The van der Waals surface area contributed by atoms with Gasteiger partial charge in [-0.05, 0) is 55.8 Å². The molecule has 6 nitrogen and oxygen atoms in total. The number of para-hydroxylation sites is 1. The summed E-state index contributed by atoms with van der Waals surface area (Å²) in [5, 5.41) is 7.34. The smallest absolute Gasteiger partial charge is 0.272 e. The van der Waals surface area contributed by atoms with Crippen molar-refractivity contribution in [1.82, 2.24) is 14.9 Å². The molecule has 32 heavy (non-hydrogen) atoms. The maximum atomic E-state index is 13.5. The molecule has 0 aliphatic carbocycles. The van der Waals surface area contributed by atoms with Crippen LogP contribution in [0.4, 0.5) is 5.69 Å². The molecule has 0 aliphatic heterocycles. The zero-order valence-electron chi connectivity index (χ0n) is 17.4. The Morgan fingerprint density at radius 1 is 1.03 bits per heavy atom. The van der Waals surface area contributed by atoms with Crippen LogP contribution in [0.3, 0.4) is 0 Å². The van der Waals surface area contributed by atoms with Gasteiger partial charge in [0.2, 0.25) is 0 Å². The van der Waals surface area contributed by atoms with E-state index in [1.54, 1.807) is 48.0 Å². The van der Waals surface area contributed by atoms with Crippen LogP contribution in [0.25, 0.3) is 16.7 Å². The number of nitrogens with one attached hydrogen (secondary N) is 2. The molecule has 0 unspecified atom stereocenters. The number of fused-ring (bicyclic) bond motifs is 1. The number of anilines is 1. The highest BCUT2D eigenvalue weighted by atomic mass is 35.5. The molecule has 0 spiro atoms. The highest BCUT2D eigenvalue weighted by molar-refractivity contribution is 6.32. The van der Waals surface area contributed by atoms with E-state index in [9.17, 15) is 9.59 Å². The normalized spacial score (nSPS) is 10.9. The van der Waals surface area contributed by atoms with Gasteiger partial charge in [0.05, 0.1) is 21.8 Å². The Hall–Kier alpha value is -3.35. The maximum absolute atomic E-state index is 13.5. The molecule has 2 aromatic carbocycles. The van der Waals surface area contributed by atoms with Crippen LogP contribution in [-0.2, 0) is 0 Å². The largest absolute Gasteiger partial charge is 0.352 e. The summed E-state index contributed by atoms with van der Waals surface area (Å²) in [4.78, 5) is 30.5.